The Balaban J connectivity index is 1.49. The molecule has 1 N–H and O–H groups in total. The third kappa shape index (κ3) is 2.97. The smallest absolute Gasteiger partial charge is 0.262 e. The van der Waals surface area contributed by atoms with Gasteiger partial charge in [-0.1, -0.05) is 26.0 Å². The number of hydrogen-bond acceptors (Lipinski definition) is 5. The zero-order valence-electron chi connectivity index (χ0n) is 14.9. The molecular formula is C20H17N3O4. The number of carbonyl (C=O) groups is 3. The monoisotopic (exact) mass is 363 g/mol. The molecule has 0 fully saturated rings. The normalized spacial score (nSPS) is 13.5. The number of benzene rings is 2. The molecule has 2 heterocycles. The van der Waals surface area contributed by atoms with Crippen LogP contribution in [0.15, 0.2) is 46.9 Å². The van der Waals surface area contributed by atoms with Crippen LogP contribution in [0.1, 0.15) is 46.4 Å². The fraction of sp³-hybridized carbons (Fsp3) is 0.200. The number of hydrogen-bond donors (Lipinski definition) is 1. The highest BCUT2D eigenvalue weighted by atomic mass is 16.3. The Bertz CT molecular complexity index is 1050. The average molecular weight is 363 g/mol. The Hall–Kier alpha value is -3.48. The van der Waals surface area contributed by atoms with Crippen molar-refractivity contribution in [2.24, 2.45) is 0 Å². The molecule has 1 aliphatic heterocycles. The van der Waals surface area contributed by atoms with Crippen LogP contribution in [0.5, 0.6) is 0 Å². The van der Waals surface area contributed by atoms with Crippen molar-refractivity contribution >= 4 is 34.5 Å². The lowest BCUT2D eigenvalue weighted by atomic mass is 10.1. The van der Waals surface area contributed by atoms with Crippen molar-refractivity contribution < 1.29 is 18.8 Å². The Morgan fingerprint density at radius 3 is 2.41 bits per heavy atom. The lowest BCUT2D eigenvalue weighted by Crippen LogP contribution is -2.37. The number of nitrogens with zero attached hydrogens (tertiary/aromatic N) is 2. The maximum absolute atomic E-state index is 12.4. The van der Waals surface area contributed by atoms with Gasteiger partial charge < -0.3 is 9.73 Å². The predicted molar refractivity (Wildman–Crippen MR) is 98.5 cm³/mol. The van der Waals surface area contributed by atoms with Crippen LogP contribution in [0.3, 0.4) is 0 Å². The van der Waals surface area contributed by atoms with E-state index in [0.717, 1.165) is 4.90 Å². The summed E-state index contributed by atoms with van der Waals surface area (Å²) >= 11 is 0. The molecule has 0 saturated carbocycles. The second kappa shape index (κ2) is 6.35. The van der Waals surface area contributed by atoms with Crippen LogP contribution in [0.4, 0.5) is 5.69 Å². The highest BCUT2D eigenvalue weighted by molar-refractivity contribution is 6.22. The van der Waals surface area contributed by atoms with E-state index in [1.54, 1.807) is 42.5 Å². The molecule has 136 valence electrons. The lowest BCUT2D eigenvalue weighted by molar-refractivity contribution is -0.116. The first-order valence-electron chi connectivity index (χ1n) is 8.59. The fourth-order valence-corrected chi connectivity index (χ4v) is 3.00. The van der Waals surface area contributed by atoms with E-state index in [0.29, 0.717) is 33.8 Å². The third-order valence-corrected chi connectivity index (χ3v) is 4.36. The molecule has 4 rings (SSSR count). The van der Waals surface area contributed by atoms with Gasteiger partial charge in [-0.25, -0.2) is 4.98 Å². The van der Waals surface area contributed by atoms with E-state index in [4.69, 9.17) is 4.42 Å². The van der Waals surface area contributed by atoms with Gasteiger partial charge in [-0.15, -0.1) is 0 Å². The largest absolute Gasteiger partial charge is 0.440 e. The van der Waals surface area contributed by atoms with Crippen molar-refractivity contribution in [2.75, 3.05) is 11.9 Å². The maximum Gasteiger partial charge on any atom is 0.262 e. The molecule has 1 aromatic heterocycles. The van der Waals surface area contributed by atoms with Crippen LogP contribution in [0.2, 0.25) is 0 Å². The van der Waals surface area contributed by atoms with Gasteiger partial charge in [0.05, 0.1) is 11.1 Å². The summed E-state index contributed by atoms with van der Waals surface area (Å²) in [7, 11) is 0. The summed E-state index contributed by atoms with van der Waals surface area (Å²) in [4.78, 5) is 42.4. The van der Waals surface area contributed by atoms with Crippen molar-refractivity contribution in [3.63, 3.8) is 0 Å². The SMILES string of the molecule is CC(C)c1nc2cc(NC(=O)CN3C(=O)c4ccccc4C3=O)ccc2o1. The summed E-state index contributed by atoms with van der Waals surface area (Å²) in [6.45, 7) is 3.62. The predicted octanol–water partition coefficient (Wildman–Crippen LogP) is 3.19. The second-order valence-corrected chi connectivity index (χ2v) is 6.68. The van der Waals surface area contributed by atoms with E-state index in [2.05, 4.69) is 10.3 Å². The number of oxazole rings is 1. The van der Waals surface area contributed by atoms with E-state index in [-0.39, 0.29) is 12.5 Å². The van der Waals surface area contributed by atoms with E-state index >= 15 is 0 Å². The van der Waals surface area contributed by atoms with Gasteiger partial charge >= 0.3 is 0 Å². The molecule has 7 nitrogen and oxygen atoms in total. The van der Waals surface area contributed by atoms with Crippen LogP contribution >= 0.6 is 0 Å². The quantitative estimate of drug-likeness (QED) is 0.719. The first-order chi connectivity index (χ1) is 12.9. The van der Waals surface area contributed by atoms with Gasteiger partial charge in [-0.05, 0) is 30.3 Å². The van der Waals surface area contributed by atoms with Crippen LogP contribution in [-0.4, -0.2) is 34.2 Å². The molecule has 3 amide bonds. The third-order valence-electron chi connectivity index (χ3n) is 4.36. The van der Waals surface area contributed by atoms with Crippen molar-refractivity contribution in [3.8, 4) is 0 Å². The minimum absolute atomic E-state index is 0.157. The van der Waals surface area contributed by atoms with Crippen molar-refractivity contribution in [3.05, 3.63) is 59.5 Å². The van der Waals surface area contributed by atoms with Gasteiger partial charge in [0.2, 0.25) is 5.91 Å². The van der Waals surface area contributed by atoms with Crippen molar-refractivity contribution in [2.45, 2.75) is 19.8 Å². The van der Waals surface area contributed by atoms with Gasteiger partial charge in [0, 0.05) is 11.6 Å². The molecule has 0 bridgehead atoms. The molecular weight excluding hydrogens is 346 g/mol. The average Bonchev–Trinajstić information content (AvgIpc) is 3.17. The summed E-state index contributed by atoms with van der Waals surface area (Å²) in [5.74, 6) is -0.598. The standard InChI is InChI=1S/C20H17N3O4/c1-11(2)18-22-15-9-12(7-8-16(15)27-18)21-17(24)10-23-19(25)13-5-3-4-6-14(13)20(23)26/h3-9,11H,10H2,1-2H3,(H,21,24). The van der Waals surface area contributed by atoms with Gasteiger partial charge in [0.25, 0.3) is 11.8 Å². The molecule has 27 heavy (non-hydrogen) atoms. The molecule has 3 aromatic rings. The van der Waals surface area contributed by atoms with E-state index in [1.807, 2.05) is 13.8 Å². The van der Waals surface area contributed by atoms with Gasteiger partial charge in [-0.3, -0.25) is 19.3 Å². The van der Waals surface area contributed by atoms with Crippen LogP contribution in [0, 0.1) is 0 Å². The van der Waals surface area contributed by atoms with Gasteiger partial charge in [0.15, 0.2) is 11.5 Å². The van der Waals surface area contributed by atoms with Gasteiger partial charge in [-0.2, -0.15) is 0 Å². The minimum Gasteiger partial charge on any atom is -0.440 e. The number of rotatable bonds is 4. The number of imide groups is 1. The summed E-state index contributed by atoms with van der Waals surface area (Å²) in [5, 5.41) is 2.70. The summed E-state index contributed by atoms with van der Waals surface area (Å²) in [5.41, 5.74) is 2.43. The fourth-order valence-electron chi connectivity index (χ4n) is 3.00. The first-order valence-corrected chi connectivity index (χ1v) is 8.59. The van der Waals surface area contributed by atoms with Crippen molar-refractivity contribution in [1.29, 1.82) is 0 Å². The van der Waals surface area contributed by atoms with E-state index in [1.165, 1.54) is 0 Å². The lowest BCUT2D eigenvalue weighted by Gasteiger charge is -2.13. The molecule has 1 aliphatic rings. The van der Waals surface area contributed by atoms with Crippen molar-refractivity contribution in [1.82, 2.24) is 9.88 Å². The highest BCUT2D eigenvalue weighted by Crippen LogP contribution is 2.25. The Morgan fingerprint density at radius 2 is 1.78 bits per heavy atom. The molecule has 0 atom stereocenters. The summed E-state index contributed by atoms with van der Waals surface area (Å²) in [6.07, 6.45) is 0. The minimum atomic E-state index is -0.462. The number of fused-ring (bicyclic) bond motifs is 2. The molecule has 2 aromatic carbocycles. The summed E-state index contributed by atoms with van der Waals surface area (Å²) in [6, 6.07) is 11.7. The van der Waals surface area contributed by atoms with Gasteiger partial charge in [0.1, 0.15) is 12.1 Å². The molecule has 0 unspecified atom stereocenters. The Labute approximate surface area is 155 Å². The molecule has 0 radical (unpaired) electrons. The Kier molecular flexibility index (Phi) is 3.99. The maximum atomic E-state index is 12.4. The first kappa shape index (κ1) is 17.0. The number of amides is 3. The topological polar surface area (TPSA) is 92.5 Å². The Morgan fingerprint density at radius 1 is 1.11 bits per heavy atom. The number of carbonyl (C=O) groups excluding carboxylic acids is 3. The molecule has 0 saturated heterocycles. The second-order valence-electron chi connectivity index (χ2n) is 6.68. The molecule has 0 aliphatic carbocycles. The van der Waals surface area contributed by atoms with Crippen LogP contribution in [-0.2, 0) is 4.79 Å². The molecule has 0 spiro atoms. The van der Waals surface area contributed by atoms with Crippen LogP contribution in [0.25, 0.3) is 11.1 Å². The van der Waals surface area contributed by atoms with E-state index < -0.39 is 17.7 Å². The number of aromatic nitrogens is 1. The number of anilines is 1. The summed E-state index contributed by atoms with van der Waals surface area (Å²) < 4.78 is 5.64. The highest BCUT2D eigenvalue weighted by Gasteiger charge is 2.36. The number of nitrogens with one attached hydrogen (secondary N) is 1. The zero-order chi connectivity index (χ0) is 19.1. The van der Waals surface area contributed by atoms with E-state index in [9.17, 15) is 14.4 Å². The molecule has 7 heteroatoms. The zero-order valence-corrected chi connectivity index (χ0v) is 14.9. The van der Waals surface area contributed by atoms with Crippen LogP contribution < -0.4 is 5.32 Å².